The maximum Gasteiger partial charge on any atom is 0.269 e. The molecular formula is C22H16Br3N3O4. The molecule has 32 heavy (non-hydrogen) atoms. The maximum atomic E-state index is 12.1. The Kier molecular flexibility index (Phi) is 8.54. The number of benzene rings is 3. The molecule has 164 valence electrons. The van der Waals surface area contributed by atoms with Gasteiger partial charge in [-0.1, -0.05) is 40.2 Å². The molecule has 0 atom stereocenters. The number of hydrogen-bond acceptors (Lipinski definition) is 5. The average Bonchev–Trinajstić information content (AvgIpc) is 2.75. The Balaban J connectivity index is 1.56. The highest BCUT2D eigenvalue weighted by atomic mass is 79.9. The van der Waals surface area contributed by atoms with E-state index in [9.17, 15) is 14.9 Å². The van der Waals surface area contributed by atoms with E-state index in [0.717, 1.165) is 24.5 Å². The van der Waals surface area contributed by atoms with Crippen molar-refractivity contribution in [2.75, 3.05) is 0 Å². The Morgan fingerprint density at radius 2 is 1.59 bits per heavy atom. The summed E-state index contributed by atoms with van der Waals surface area (Å²) in [4.78, 5) is 22.2. The molecule has 7 nitrogen and oxygen atoms in total. The summed E-state index contributed by atoms with van der Waals surface area (Å²) in [7, 11) is 0. The van der Waals surface area contributed by atoms with Crippen LogP contribution in [0.25, 0.3) is 0 Å². The van der Waals surface area contributed by atoms with Crippen molar-refractivity contribution in [1.82, 2.24) is 5.43 Å². The Hall–Kier alpha value is -2.56. The van der Waals surface area contributed by atoms with E-state index in [-0.39, 0.29) is 18.0 Å². The molecule has 1 amide bonds. The van der Waals surface area contributed by atoms with E-state index in [2.05, 4.69) is 58.3 Å². The number of hydrogen-bond donors (Lipinski definition) is 1. The minimum atomic E-state index is -0.485. The molecule has 3 rings (SSSR count). The highest BCUT2D eigenvalue weighted by Crippen LogP contribution is 2.35. The van der Waals surface area contributed by atoms with Crippen LogP contribution in [0, 0.1) is 10.1 Å². The fourth-order valence-electron chi connectivity index (χ4n) is 2.67. The van der Waals surface area contributed by atoms with Gasteiger partial charge in [-0.05, 0) is 72.8 Å². The van der Waals surface area contributed by atoms with Crippen LogP contribution in [0.1, 0.15) is 16.7 Å². The van der Waals surface area contributed by atoms with Crippen molar-refractivity contribution in [2.24, 2.45) is 5.10 Å². The van der Waals surface area contributed by atoms with Crippen molar-refractivity contribution in [3.63, 3.8) is 0 Å². The molecule has 3 aromatic carbocycles. The lowest BCUT2D eigenvalue weighted by molar-refractivity contribution is -0.384. The molecule has 0 spiro atoms. The van der Waals surface area contributed by atoms with E-state index < -0.39 is 4.92 Å². The van der Waals surface area contributed by atoms with Crippen molar-refractivity contribution in [1.29, 1.82) is 0 Å². The first-order chi connectivity index (χ1) is 15.3. The molecule has 0 saturated heterocycles. The van der Waals surface area contributed by atoms with Crippen LogP contribution >= 0.6 is 47.8 Å². The van der Waals surface area contributed by atoms with Crippen LogP contribution in [-0.2, 0) is 17.8 Å². The molecule has 0 radical (unpaired) electrons. The molecule has 0 unspecified atom stereocenters. The summed E-state index contributed by atoms with van der Waals surface area (Å²) in [6.07, 6.45) is 1.58. The molecule has 0 aliphatic heterocycles. The molecule has 0 fully saturated rings. The van der Waals surface area contributed by atoms with Crippen molar-refractivity contribution < 1.29 is 14.5 Å². The lowest BCUT2D eigenvalue weighted by Gasteiger charge is -2.11. The van der Waals surface area contributed by atoms with Crippen LogP contribution in [0.5, 0.6) is 5.75 Å². The van der Waals surface area contributed by atoms with E-state index in [4.69, 9.17) is 4.74 Å². The topological polar surface area (TPSA) is 93.8 Å². The van der Waals surface area contributed by atoms with Crippen LogP contribution in [0.15, 0.2) is 79.2 Å². The lowest BCUT2D eigenvalue weighted by atomic mass is 10.1. The molecule has 3 aromatic rings. The normalized spacial score (nSPS) is 10.8. The number of nitro benzene ring substituents is 1. The van der Waals surface area contributed by atoms with Gasteiger partial charge in [-0.2, -0.15) is 5.10 Å². The number of carbonyl (C=O) groups excluding carboxylic acids is 1. The smallest absolute Gasteiger partial charge is 0.269 e. The number of hydrazone groups is 1. The Bertz CT molecular complexity index is 1130. The molecular weight excluding hydrogens is 610 g/mol. The van der Waals surface area contributed by atoms with E-state index in [0.29, 0.717) is 17.9 Å². The van der Waals surface area contributed by atoms with Gasteiger partial charge in [0, 0.05) is 16.6 Å². The second-order valence-corrected chi connectivity index (χ2v) is 9.25. The van der Waals surface area contributed by atoms with Crippen LogP contribution in [0.4, 0.5) is 5.69 Å². The number of amides is 1. The summed E-state index contributed by atoms with van der Waals surface area (Å²) in [5.74, 6) is 0.329. The number of nitrogens with one attached hydrogen (secondary N) is 1. The second-order valence-electron chi connectivity index (χ2n) is 6.62. The van der Waals surface area contributed by atoms with E-state index >= 15 is 0 Å². The van der Waals surface area contributed by atoms with E-state index in [1.807, 2.05) is 36.4 Å². The number of nitro groups is 1. The molecule has 0 aliphatic rings. The summed E-state index contributed by atoms with van der Waals surface area (Å²) < 4.78 is 8.40. The predicted octanol–water partition coefficient (Wildman–Crippen LogP) is 6.15. The van der Waals surface area contributed by atoms with Gasteiger partial charge in [-0.3, -0.25) is 14.9 Å². The van der Waals surface area contributed by atoms with Gasteiger partial charge in [-0.15, -0.1) is 0 Å². The lowest BCUT2D eigenvalue weighted by Crippen LogP contribution is -2.19. The zero-order valence-corrected chi connectivity index (χ0v) is 21.2. The van der Waals surface area contributed by atoms with Crippen molar-refractivity contribution >= 4 is 65.6 Å². The Labute approximate surface area is 209 Å². The number of halogens is 3. The van der Waals surface area contributed by atoms with Gasteiger partial charge < -0.3 is 4.74 Å². The summed E-state index contributed by atoms with van der Waals surface area (Å²) in [5.41, 5.74) is 4.87. The van der Waals surface area contributed by atoms with Crippen molar-refractivity contribution in [2.45, 2.75) is 13.0 Å². The third kappa shape index (κ3) is 6.98. The number of non-ortho nitro benzene ring substituents is 1. The van der Waals surface area contributed by atoms with E-state index in [1.165, 1.54) is 18.3 Å². The fourth-order valence-corrected chi connectivity index (χ4v) is 4.38. The highest BCUT2D eigenvalue weighted by molar-refractivity contribution is 9.11. The van der Waals surface area contributed by atoms with Gasteiger partial charge in [0.2, 0.25) is 5.91 Å². The zero-order chi connectivity index (χ0) is 23.1. The van der Waals surface area contributed by atoms with Gasteiger partial charge in [-0.25, -0.2) is 5.43 Å². The average molecular weight is 626 g/mol. The number of ether oxygens (including phenoxy) is 1. The highest BCUT2D eigenvalue weighted by Gasteiger charge is 2.10. The van der Waals surface area contributed by atoms with Gasteiger partial charge in [0.15, 0.2) is 0 Å². The zero-order valence-electron chi connectivity index (χ0n) is 16.4. The quantitative estimate of drug-likeness (QED) is 0.184. The second kappa shape index (κ2) is 11.3. The fraction of sp³-hybridized carbons (Fsp3) is 0.0909. The van der Waals surface area contributed by atoms with Gasteiger partial charge >= 0.3 is 0 Å². The standard InChI is InChI=1S/C22H16Br3N3O4/c23-17-5-1-15(2-6-17)13-32-22-19(24)9-16(10-20(22)25)12-26-27-21(29)11-14-3-7-18(8-4-14)28(30)31/h1-10,12H,11,13H2,(H,27,29)/b26-12-. The van der Waals surface area contributed by atoms with Crippen LogP contribution in [-0.4, -0.2) is 17.0 Å². The largest absolute Gasteiger partial charge is 0.487 e. The molecule has 0 bridgehead atoms. The van der Waals surface area contributed by atoms with Crippen molar-refractivity contribution in [3.05, 3.63) is 101 Å². The Morgan fingerprint density at radius 1 is 1.00 bits per heavy atom. The molecule has 0 heterocycles. The summed E-state index contributed by atoms with van der Waals surface area (Å²) in [6.45, 7) is 0.413. The summed E-state index contributed by atoms with van der Waals surface area (Å²) >= 11 is 10.4. The van der Waals surface area contributed by atoms with E-state index in [1.54, 1.807) is 12.1 Å². The first kappa shape index (κ1) is 24.1. The van der Waals surface area contributed by atoms with Gasteiger partial charge in [0.05, 0.1) is 26.5 Å². The van der Waals surface area contributed by atoms with Gasteiger partial charge in [0.1, 0.15) is 12.4 Å². The molecule has 10 heteroatoms. The first-order valence-electron chi connectivity index (χ1n) is 9.23. The third-order valence-electron chi connectivity index (χ3n) is 4.23. The minimum Gasteiger partial charge on any atom is -0.487 e. The monoisotopic (exact) mass is 623 g/mol. The first-order valence-corrected chi connectivity index (χ1v) is 11.6. The maximum absolute atomic E-state index is 12.1. The van der Waals surface area contributed by atoms with Crippen LogP contribution in [0.2, 0.25) is 0 Å². The van der Waals surface area contributed by atoms with Crippen molar-refractivity contribution in [3.8, 4) is 5.75 Å². The minimum absolute atomic E-state index is 0.0207. The molecule has 1 N–H and O–H groups in total. The van der Waals surface area contributed by atoms with Gasteiger partial charge in [0.25, 0.3) is 5.69 Å². The van der Waals surface area contributed by atoms with Crippen LogP contribution in [0.3, 0.4) is 0 Å². The molecule has 0 saturated carbocycles. The SMILES string of the molecule is O=C(Cc1ccc([N+](=O)[O-])cc1)N/N=C\c1cc(Br)c(OCc2ccc(Br)cc2)c(Br)c1. The van der Waals surface area contributed by atoms with Crippen LogP contribution < -0.4 is 10.2 Å². The number of nitrogens with zero attached hydrogens (tertiary/aromatic N) is 2. The molecule has 0 aromatic heterocycles. The molecule has 0 aliphatic carbocycles. The Morgan fingerprint density at radius 3 is 2.19 bits per heavy atom. The summed E-state index contributed by atoms with van der Waals surface area (Å²) in [5, 5.41) is 14.7. The summed E-state index contributed by atoms with van der Waals surface area (Å²) in [6, 6.07) is 17.3. The predicted molar refractivity (Wildman–Crippen MR) is 133 cm³/mol. The number of rotatable bonds is 8. The third-order valence-corrected chi connectivity index (χ3v) is 5.94. The number of carbonyl (C=O) groups is 1.